The van der Waals surface area contributed by atoms with Crippen molar-refractivity contribution in [2.24, 2.45) is 5.41 Å². The van der Waals surface area contributed by atoms with E-state index in [-0.39, 0.29) is 5.41 Å². The van der Waals surface area contributed by atoms with Crippen LogP contribution in [0.2, 0.25) is 0 Å². The first-order chi connectivity index (χ1) is 8.26. The Balaban J connectivity index is 4.11. The number of carboxylic acid groups (broad SMARTS) is 1. The highest BCUT2D eigenvalue weighted by atomic mass is 16.5. The summed E-state index contributed by atoms with van der Waals surface area (Å²) in [5, 5.41) is 11.4. The molecule has 0 aromatic rings. The maximum atomic E-state index is 11.4. The van der Waals surface area contributed by atoms with E-state index in [0.29, 0.717) is 13.0 Å². The second kappa shape index (κ2) is 7.95. The molecule has 0 spiro atoms. The number of carbonyl (C=O) groups excluding carboxylic acids is 1. The molecular weight excluding hydrogens is 234 g/mol. The summed E-state index contributed by atoms with van der Waals surface area (Å²) in [4.78, 5) is 22.4. The van der Waals surface area contributed by atoms with Crippen LogP contribution in [-0.4, -0.2) is 29.8 Å². The maximum Gasteiger partial charge on any atom is 0.407 e. The highest BCUT2D eigenvalue weighted by Gasteiger charge is 2.23. The van der Waals surface area contributed by atoms with Gasteiger partial charge in [0.25, 0.3) is 0 Å². The van der Waals surface area contributed by atoms with Gasteiger partial charge in [-0.05, 0) is 24.7 Å². The molecule has 5 heteroatoms. The van der Waals surface area contributed by atoms with Crippen LogP contribution in [0.25, 0.3) is 0 Å². The Labute approximate surface area is 109 Å². The molecule has 1 atom stereocenters. The summed E-state index contributed by atoms with van der Waals surface area (Å²) in [7, 11) is 0. The van der Waals surface area contributed by atoms with E-state index < -0.39 is 18.1 Å². The number of nitrogens with one attached hydrogen (secondary N) is 1. The molecule has 0 saturated carbocycles. The van der Waals surface area contributed by atoms with E-state index >= 15 is 0 Å². The predicted molar refractivity (Wildman–Crippen MR) is 69.5 cm³/mol. The second-order valence-electron chi connectivity index (χ2n) is 5.62. The molecule has 106 valence electrons. The molecule has 1 amide bonds. The number of rotatable bonds is 7. The van der Waals surface area contributed by atoms with Crippen LogP contribution in [0.5, 0.6) is 0 Å². The number of carbonyl (C=O) groups is 2. The van der Waals surface area contributed by atoms with Crippen molar-refractivity contribution in [1.82, 2.24) is 5.32 Å². The van der Waals surface area contributed by atoms with Crippen LogP contribution < -0.4 is 5.32 Å². The van der Waals surface area contributed by atoms with Gasteiger partial charge in [0.15, 0.2) is 0 Å². The molecule has 0 radical (unpaired) electrons. The molecule has 0 heterocycles. The van der Waals surface area contributed by atoms with Crippen molar-refractivity contribution in [2.45, 2.75) is 59.4 Å². The zero-order valence-corrected chi connectivity index (χ0v) is 11.8. The van der Waals surface area contributed by atoms with Crippen molar-refractivity contribution in [2.75, 3.05) is 6.61 Å². The normalized spacial score (nSPS) is 12.9. The van der Waals surface area contributed by atoms with Gasteiger partial charge in [-0.3, -0.25) is 0 Å². The van der Waals surface area contributed by atoms with Gasteiger partial charge in [0.2, 0.25) is 0 Å². The molecule has 0 rings (SSSR count). The fraction of sp³-hybridized carbons (Fsp3) is 0.846. The van der Waals surface area contributed by atoms with Crippen LogP contribution in [-0.2, 0) is 9.53 Å². The summed E-state index contributed by atoms with van der Waals surface area (Å²) in [6, 6.07) is -0.877. The lowest BCUT2D eigenvalue weighted by Crippen LogP contribution is -2.41. The molecule has 1 unspecified atom stereocenters. The zero-order valence-electron chi connectivity index (χ0n) is 11.8. The summed E-state index contributed by atoms with van der Waals surface area (Å²) in [5.41, 5.74) is 0.0432. The summed E-state index contributed by atoms with van der Waals surface area (Å²) in [5.74, 6) is -1.02. The minimum absolute atomic E-state index is 0.0432. The van der Waals surface area contributed by atoms with E-state index in [4.69, 9.17) is 9.84 Å². The number of amides is 1. The van der Waals surface area contributed by atoms with Crippen molar-refractivity contribution in [1.29, 1.82) is 0 Å². The SMILES string of the molecule is CCCCOC(=O)NC(CCC(C)(C)C)C(=O)O. The largest absolute Gasteiger partial charge is 0.480 e. The minimum Gasteiger partial charge on any atom is -0.480 e. The fourth-order valence-corrected chi connectivity index (χ4v) is 1.33. The van der Waals surface area contributed by atoms with Crippen molar-refractivity contribution in [3.05, 3.63) is 0 Å². The average molecular weight is 259 g/mol. The van der Waals surface area contributed by atoms with Gasteiger partial charge >= 0.3 is 12.1 Å². The van der Waals surface area contributed by atoms with Crippen LogP contribution in [0.1, 0.15) is 53.4 Å². The minimum atomic E-state index is -1.02. The van der Waals surface area contributed by atoms with Crippen LogP contribution in [0, 0.1) is 5.41 Å². The number of carboxylic acids is 1. The lowest BCUT2D eigenvalue weighted by Gasteiger charge is -2.21. The van der Waals surface area contributed by atoms with E-state index in [1.807, 2.05) is 27.7 Å². The number of aliphatic carboxylic acids is 1. The highest BCUT2D eigenvalue weighted by molar-refractivity contribution is 5.79. The zero-order chi connectivity index (χ0) is 14.2. The van der Waals surface area contributed by atoms with E-state index in [0.717, 1.165) is 19.3 Å². The Morgan fingerprint density at radius 1 is 1.33 bits per heavy atom. The number of hydrogen-bond donors (Lipinski definition) is 2. The molecule has 0 aliphatic heterocycles. The Kier molecular flexibility index (Phi) is 7.39. The van der Waals surface area contributed by atoms with Gasteiger partial charge in [0, 0.05) is 0 Å². The molecule has 0 aromatic carbocycles. The topological polar surface area (TPSA) is 75.6 Å². The van der Waals surface area contributed by atoms with Crippen molar-refractivity contribution in [3.8, 4) is 0 Å². The van der Waals surface area contributed by atoms with E-state index in [1.54, 1.807) is 0 Å². The molecule has 2 N–H and O–H groups in total. The molecular formula is C13H25NO4. The smallest absolute Gasteiger partial charge is 0.407 e. The van der Waals surface area contributed by atoms with Crippen LogP contribution >= 0.6 is 0 Å². The van der Waals surface area contributed by atoms with Crippen LogP contribution in [0.3, 0.4) is 0 Å². The Hall–Kier alpha value is -1.26. The number of ether oxygens (including phenoxy) is 1. The molecule has 0 saturated heterocycles. The third-order valence-corrected chi connectivity index (χ3v) is 2.50. The van der Waals surface area contributed by atoms with E-state index in [1.165, 1.54) is 0 Å². The average Bonchev–Trinajstić information content (AvgIpc) is 2.22. The van der Waals surface area contributed by atoms with Crippen LogP contribution in [0.15, 0.2) is 0 Å². The van der Waals surface area contributed by atoms with Gasteiger partial charge in [-0.25, -0.2) is 9.59 Å². The number of alkyl carbamates (subject to hydrolysis) is 1. The molecule has 0 aromatic heterocycles. The number of hydrogen-bond acceptors (Lipinski definition) is 3. The third kappa shape index (κ3) is 8.84. The van der Waals surface area contributed by atoms with Gasteiger partial charge in [0.05, 0.1) is 6.61 Å². The van der Waals surface area contributed by atoms with Gasteiger partial charge < -0.3 is 15.2 Å². The summed E-state index contributed by atoms with van der Waals surface area (Å²) >= 11 is 0. The molecule has 0 aliphatic carbocycles. The van der Waals surface area contributed by atoms with Crippen molar-refractivity contribution < 1.29 is 19.4 Å². The number of unbranched alkanes of at least 4 members (excludes halogenated alkanes) is 1. The summed E-state index contributed by atoms with van der Waals surface area (Å²) in [6.07, 6.45) is 2.19. The lowest BCUT2D eigenvalue weighted by atomic mass is 9.89. The van der Waals surface area contributed by atoms with Gasteiger partial charge in [-0.1, -0.05) is 34.1 Å². The Morgan fingerprint density at radius 2 is 1.94 bits per heavy atom. The Morgan fingerprint density at radius 3 is 2.39 bits per heavy atom. The molecule has 5 nitrogen and oxygen atoms in total. The molecule has 18 heavy (non-hydrogen) atoms. The molecule has 0 fully saturated rings. The quantitative estimate of drug-likeness (QED) is 0.689. The van der Waals surface area contributed by atoms with Crippen molar-refractivity contribution in [3.63, 3.8) is 0 Å². The third-order valence-electron chi connectivity index (χ3n) is 2.50. The second-order valence-corrected chi connectivity index (χ2v) is 5.62. The van der Waals surface area contributed by atoms with Gasteiger partial charge in [-0.15, -0.1) is 0 Å². The monoisotopic (exact) mass is 259 g/mol. The first-order valence-corrected chi connectivity index (χ1v) is 6.42. The fourth-order valence-electron chi connectivity index (χ4n) is 1.33. The molecule has 0 aliphatic rings. The van der Waals surface area contributed by atoms with E-state index in [2.05, 4.69) is 5.32 Å². The predicted octanol–water partition coefficient (Wildman–Crippen LogP) is 2.79. The standard InChI is InChI=1S/C13H25NO4/c1-5-6-9-18-12(17)14-10(11(15)16)7-8-13(2,3)4/h10H,5-9H2,1-4H3,(H,14,17)(H,15,16). The molecule has 0 bridgehead atoms. The summed E-state index contributed by atoms with van der Waals surface area (Å²) in [6.45, 7) is 8.42. The van der Waals surface area contributed by atoms with Gasteiger partial charge in [0.1, 0.15) is 6.04 Å². The maximum absolute atomic E-state index is 11.4. The van der Waals surface area contributed by atoms with Crippen molar-refractivity contribution >= 4 is 12.1 Å². The first-order valence-electron chi connectivity index (χ1n) is 6.42. The highest BCUT2D eigenvalue weighted by Crippen LogP contribution is 2.21. The lowest BCUT2D eigenvalue weighted by molar-refractivity contribution is -0.139. The van der Waals surface area contributed by atoms with E-state index in [9.17, 15) is 9.59 Å². The summed E-state index contributed by atoms with van der Waals surface area (Å²) < 4.78 is 4.88. The van der Waals surface area contributed by atoms with Crippen LogP contribution in [0.4, 0.5) is 4.79 Å². The first kappa shape index (κ1) is 16.7. The Bertz CT molecular complexity index is 271. The van der Waals surface area contributed by atoms with Gasteiger partial charge in [-0.2, -0.15) is 0 Å².